The van der Waals surface area contributed by atoms with E-state index in [-0.39, 0.29) is 12.1 Å². The van der Waals surface area contributed by atoms with Gasteiger partial charge in [-0.15, -0.1) is 0 Å². The van der Waals surface area contributed by atoms with Crippen molar-refractivity contribution in [2.45, 2.75) is 62.8 Å². The highest BCUT2D eigenvalue weighted by Gasteiger charge is 2.51. The summed E-state index contributed by atoms with van der Waals surface area (Å²) in [6.45, 7) is 2.07. The fourth-order valence-electron chi connectivity index (χ4n) is 6.91. The molecule has 1 saturated heterocycles. The molecule has 4 bridgehead atoms. The van der Waals surface area contributed by atoms with Gasteiger partial charge in [0.2, 0.25) is 0 Å². The zero-order valence-corrected chi connectivity index (χ0v) is 17.6. The van der Waals surface area contributed by atoms with E-state index in [1.165, 1.54) is 44.1 Å². The molecule has 5 aliphatic rings. The van der Waals surface area contributed by atoms with E-state index in [9.17, 15) is 4.79 Å². The summed E-state index contributed by atoms with van der Waals surface area (Å²) < 4.78 is 0. The van der Waals surface area contributed by atoms with Crippen molar-refractivity contribution in [2.24, 2.45) is 17.8 Å². The monoisotopic (exact) mass is 401 g/mol. The molecular formula is C23H32ClN3O. The number of carbonyl (C=O) groups is 1. The zero-order valence-electron chi connectivity index (χ0n) is 16.8. The lowest BCUT2D eigenvalue weighted by atomic mass is 9.48. The number of rotatable bonds is 3. The average Bonchev–Trinajstić information content (AvgIpc) is 2.64. The maximum atomic E-state index is 12.4. The Balaban J connectivity index is 1.26. The smallest absolute Gasteiger partial charge is 0.319 e. The lowest BCUT2D eigenvalue weighted by Crippen LogP contribution is -2.48. The van der Waals surface area contributed by atoms with Crippen molar-refractivity contribution >= 4 is 23.3 Å². The van der Waals surface area contributed by atoms with Gasteiger partial charge in [0.15, 0.2) is 0 Å². The maximum absolute atomic E-state index is 12.4. The first-order valence-corrected chi connectivity index (χ1v) is 11.4. The number of hydrogen-bond acceptors (Lipinski definition) is 2. The summed E-state index contributed by atoms with van der Waals surface area (Å²) in [6, 6.07) is 6.49. The van der Waals surface area contributed by atoms with E-state index >= 15 is 0 Å². The second kappa shape index (κ2) is 7.21. The molecule has 1 heterocycles. The van der Waals surface area contributed by atoms with Gasteiger partial charge in [0, 0.05) is 6.04 Å². The normalized spacial score (nSPS) is 35.1. The highest BCUT2D eigenvalue weighted by Crippen LogP contribution is 2.60. The highest BCUT2D eigenvalue weighted by molar-refractivity contribution is 6.33. The molecule has 152 valence electrons. The van der Waals surface area contributed by atoms with Crippen LogP contribution >= 0.6 is 11.6 Å². The third-order valence-electron chi connectivity index (χ3n) is 7.92. The molecule has 1 aliphatic heterocycles. The molecule has 0 spiro atoms. The number of nitrogens with zero attached hydrogens (tertiary/aromatic N) is 1. The predicted molar refractivity (Wildman–Crippen MR) is 114 cm³/mol. The van der Waals surface area contributed by atoms with Crippen LogP contribution in [0.1, 0.15) is 56.9 Å². The van der Waals surface area contributed by atoms with Gasteiger partial charge in [-0.05, 0) is 112 Å². The Kier molecular flexibility index (Phi) is 4.83. The minimum Gasteiger partial charge on any atom is -0.335 e. The van der Waals surface area contributed by atoms with Crippen LogP contribution in [0.2, 0.25) is 5.02 Å². The van der Waals surface area contributed by atoms with E-state index in [1.54, 1.807) is 0 Å². The van der Waals surface area contributed by atoms with Crippen molar-refractivity contribution in [2.75, 3.05) is 25.5 Å². The van der Waals surface area contributed by atoms with Crippen LogP contribution in [-0.2, 0) is 5.41 Å². The quantitative estimate of drug-likeness (QED) is 0.746. The van der Waals surface area contributed by atoms with E-state index < -0.39 is 0 Å². The molecule has 28 heavy (non-hydrogen) atoms. The van der Waals surface area contributed by atoms with Crippen molar-refractivity contribution in [3.05, 3.63) is 28.8 Å². The predicted octanol–water partition coefficient (Wildman–Crippen LogP) is 5.02. The molecule has 0 radical (unpaired) electrons. The number of hydrogen-bond donors (Lipinski definition) is 2. The fourth-order valence-corrected chi connectivity index (χ4v) is 7.14. The van der Waals surface area contributed by atoms with Gasteiger partial charge in [-0.25, -0.2) is 4.79 Å². The van der Waals surface area contributed by atoms with E-state index in [0.29, 0.717) is 10.4 Å². The zero-order chi connectivity index (χ0) is 19.3. The van der Waals surface area contributed by atoms with Gasteiger partial charge in [-0.1, -0.05) is 17.7 Å². The number of urea groups is 1. The number of anilines is 1. The van der Waals surface area contributed by atoms with Crippen LogP contribution in [0, 0.1) is 17.8 Å². The molecule has 4 nitrogen and oxygen atoms in total. The third-order valence-corrected chi connectivity index (χ3v) is 8.23. The Bertz CT molecular complexity index is 721. The first kappa shape index (κ1) is 18.7. The van der Waals surface area contributed by atoms with Crippen LogP contribution in [-0.4, -0.2) is 37.1 Å². The molecule has 4 saturated carbocycles. The summed E-state index contributed by atoms with van der Waals surface area (Å²) in [7, 11) is 2.13. The Hall–Kier alpha value is -1.26. The van der Waals surface area contributed by atoms with Gasteiger partial charge >= 0.3 is 6.03 Å². The van der Waals surface area contributed by atoms with Crippen molar-refractivity contribution in [3.8, 4) is 0 Å². The second-order valence-electron chi connectivity index (χ2n) is 10.1. The van der Waals surface area contributed by atoms with E-state index in [4.69, 9.17) is 11.6 Å². The van der Waals surface area contributed by atoms with Gasteiger partial charge in [0.1, 0.15) is 0 Å². The third kappa shape index (κ3) is 3.54. The topological polar surface area (TPSA) is 44.4 Å². The number of amides is 2. The average molecular weight is 402 g/mol. The van der Waals surface area contributed by atoms with Crippen molar-refractivity contribution < 1.29 is 4.79 Å². The summed E-state index contributed by atoms with van der Waals surface area (Å²) in [5.41, 5.74) is 2.46. The summed E-state index contributed by atoms with van der Waals surface area (Å²) >= 11 is 6.63. The Morgan fingerprint density at radius 1 is 1.07 bits per heavy atom. The molecule has 5 heteroatoms. The molecule has 1 aromatic carbocycles. The Labute approximate surface area is 173 Å². The van der Waals surface area contributed by atoms with Crippen molar-refractivity contribution in [3.63, 3.8) is 0 Å². The number of benzene rings is 1. The summed E-state index contributed by atoms with van der Waals surface area (Å²) in [5.74, 6) is 2.76. The first-order chi connectivity index (χ1) is 13.5. The summed E-state index contributed by atoms with van der Waals surface area (Å²) in [5, 5.41) is 6.75. The number of nitrogens with one attached hydrogen (secondary N) is 2. The van der Waals surface area contributed by atoms with Crippen molar-refractivity contribution in [1.29, 1.82) is 0 Å². The maximum Gasteiger partial charge on any atom is 0.319 e. The number of halogens is 1. The van der Waals surface area contributed by atoms with Crippen molar-refractivity contribution in [1.82, 2.24) is 10.2 Å². The van der Waals surface area contributed by atoms with Crippen LogP contribution in [0.4, 0.5) is 10.5 Å². The standard InChI is InChI=1S/C23H32ClN3O/c1-27-6-4-19(5-7-27)25-22(28)26-21-3-2-18(11-20(21)24)23-12-15-8-16(13-23)10-17(9-15)14-23/h2-3,11,15-17,19H,4-10,12-14H2,1H3,(H2,25,26,28). The van der Waals surface area contributed by atoms with Gasteiger partial charge in [-0.3, -0.25) is 0 Å². The number of likely N-dealkylation sites (tertiary alicyclic amines) is 1. The Morgan fingerprint density at radius 3 is 2.25 bits per heavy atom. The van der Waals surface area contributed by atoms with Gasteiger partial charge < -0.3 is 15.5 Å². The Morgan fingerprint density at radius 2 is 1.68 bits per heavy atom. The van der Waals surface area contributed by atoms with Crippen LogP contribution in [0.25, 0.3) is 0 Å². The number of piperidine rings is 1. The molecule has 6 rings (SSSR count). The van der Waals surface area contributed by atoms with Gasteiger partial charge in [0.25, 0.3) is 0 Å². The van der Waals surface area contributed by atoms with Crippen LogP contribution in [0.3, 0.4) is 0 Å². The molecule has 0 aromatic heterocycles. The largest absolute Gasteiger partial charge is 0.335 e. The molecule has 0 atom stereocenters. The molecule has 0 unspecified atom stereocenters. The van der Waals surface area contributed by atoms with E-state index in [0.717, 1.165) is 49.4 Å². The minimum absolute atomic E-state index is 0.140. The molecule has 2 amide bonds. The van der Waals surface area contributed by atoms with Crippen LogP contribution < -0.4 is 10.6 Å². The minimum atomic E-state index is -0.140. The molecular weight excluding hydrogens is 370 g/mol. The molecule has 2 N–H and O–H groups in total. The summed E-state index contributed by atoms with van der Waals surface area (Å²) in [6.07, 6.45) is 10.3. The first-order valence-electron chi connectivity index (χ1n) is 11.1. The molecule has 5 fully saturated rings. The summed E-state index contributed by atoms with van der Waals surface area (Å²) in [4.78, 5) is 14.7. The highest BCUT2D eigenvalue weighted by atomic mass is 35.5. The lowest BCUT2D eigenvalue weighted by molar-refractivity contribution is -0.00517. The van der Waals surface area contributed by atoms with Gasteiger partial charge in [-0.2, -0.15) is 0 Å². The van der Waals surface area contributed by atoms with Crippen LogP contribution in [0.15, 0.2) is 18.2 Å². The SMILES string of the molecule is CN1CCC(NC(=O)Nc2ccc(C34CC5CC(CC(C5)C3)C4)cc2Cl)CC1. The fraction of sp³-hybridized carbons (Fsp3) is 0.696. The van der Waals surface area contributed by atoms with Crippen LogP contribution in [0.5, 0.6) is 0 Å². The van der Waals surface area contributed by atoms with E-state index in [2.05, 4.69) is 34.7 Å². The molecule has 4 aliphatic carbocycles. The number of carbonyl (C=O) groups excluding carboxylic acids is 1. The lowest BCUT2D eigenvalue weighted by Gasteiger charge is -2.57. The second-order valence-corrected chi connectivity index (χ2v) is 10.5. The molecule has 1 aromatic rings. The van der Waals surface area contributed by atoms with Gasteiger partial charge in [0.05, 0.1) is 10.7 Å². The van der Waals surface area contributed by atoms with E-state index in [1.807, 2.05) is 6.07 Å².